The molecule has 0 aliphatic heterocycles. The van der Waals surface area contributed by atoms with Gasteiger partial charge in [0.2, 0.25) is 5.91 Å². The van der Waals surface area contributed by atoms with Gasteiger partial charge < -0.3 is 14.6 Å². The summed E-state index contributed by atoms with van der Waals surface area (Å²) in [5.74, 6) is 1.07. The van der Waals surface area contributed by atoms with Crippen molar-refractivity contribution in [1.29, 1.82) is 5.26 Å². The highest BCUT2D eigenvalue weighted by Gasteiger charge is 2.22. The molecule has 2 heterocycles. The number of thioether (sulfide) groups is 1. The van der Waals surface area contributed by atoms with Gasteiger partial charge in [-0.15, -0.1) is 21.5 Å². The molecule has 1 amide bonds. The van der Waals surface area contributed by atoms with Crippen LogP contribution >= 0.6 is 46.3 Å². The Morgan fingerprint density at radius 3 is 2.94 bits per heavy atom. The van der Waals surface area contributed by atoms with Gasteiger partial charge in [-0.3, -0.25) is 4.79 Å². The maximum absolute atomic E-state index is 12.5. The number of aromatic nitrogens is 3. The first-order valence-electron chi connectivity index (χ1n) is 9.89. The number of carbonyl (C=O) groups is 1. The Kier molecular flexibility index (Phi) is 7.26. The highest BCUT2D eigenvalue weighted by Crippen LogP contribution is 2.37. The zero-order chi connectivity index (χ0) is 22.7. The molecule has 1 aliphatic rings. The van der Waals surface area contributed by atoms with Crippen LogP contribution in [0.1, 0.15) is 34.7 Å². The Hall–Kier alpha value is -2.25. The van der Waals surface area contributed by atoms with Crippen molar-refractivity contribution in [2.45, 2.75) is 37.4 Å². The van der Waals surface area contributed by atoms with Crippen molar-refractivity contribution in [3.63, 3.8) is 0 Å². The van der Waals surface area contributed by atoms with Gasteiger partial charge in [0.15, 0.2) is 11.0 Å². The Morgan fingerprint density at radius 1 is 1.34 bits per heavy atom. The summed E-state index contributed by atoms with van der Waals surface area (Å²) in [6, 6.07) is 7.26. The smallest absolute Gasteiger partial charge is 0.235 e. The van der Waals surface area contributed by atoms with Gasteiger partial charge in [-0.05, 0) is 49.4 Å². The predicted molar refractivity (Wildman–Crippen MR) is 127 cm³/mol. The molecule has 0 bridgehead atoms. The van der Waals surface area contributed by atoms with Crippen LogP contribution in [0.3, 0.4) is 0 Å². The number of fused-ring (bicyclic) bond motifs is 1. The number of nitrogens with zero attached hydrogens (tertiary/aromatic N) is 4. The van der Waals surface area contributed by atoms with Gasteiger partial charge >= 0.3 is 0 Å². The van der Waals surface area contributed by atoms with Gasteiger partial charge in [0.1, 0.15) is 23.4 Å². The second kappa shape index (κ2) is 10.1. The molecule has 11 heteroatoms. The molecule has 32 heavy (non-hydrogen) atoms. The van der Waals surface area contributed by atoms with Gasteiger partial charge in [0, 0.05) is 16.9 Å². The van der Waals surface area contributed by atoms with Crippen LogP contribution in [0.2, 0.25) is 10.0 Å². The molecule has 2 aromatic heterocycles. The van der Waals surface area contributed by atoms with E-state index in [1.165, 1.54) is 28.0 Å². The van der Waals surface area contributed by atoms with Crippen LogP contribution in [-0.2, 0) is 31.3 Å². The molecule has 7 nitrogen and oxygen atoms in total. The van der Waals surface area contributed by atoms with Crippen LogP contribution < -0.4 is 10.1 Å². The maximum Gasteiger partial charge on any atom is 0.235 e. The molecule has 0 radical (unpaired) electrons. The van der Waals surface area contributed by atoms with Crippen molar-refractivity contribution < 1.29 is 9.53 Å². The first kappa shape index (κ1) is 22.9. The number of anilines is 1. The van der Waals surface area contributed by atoms with E-state index >= 15 is 0 Å². The standard InChI is InChI=1S/C21H19Cl2N5O2S2/c1-28-18(10-30-16-7-6-12(22)8-15(16)23)26-27-21(28)31-11-19(29)25-20-14(9-24)13-4-2-3-5-17(13)32-20/h6-8H,2-5,10-11H2,1H3,(H,25,29). The van der Waals surface area contributed by atoms with Gasteiger partial charge in [-0.25, -0.2) is 0 Å². The minimum absolute atomic E-state index is 0.156. The van der Waals surface area contributed by atoms with Crippen molar-refractivity contribution >= 4 is 57.2 Å². The fraction of sp³-hybridized carbons (Fsp3) is 0.333. The summed E-state index contributed by atoms with van der Waals surface area (Å²) in [4.78, 5) is 13.7. The van der Waals surface area contributed by atoms with Crippen molar-refractivity contribution in [3.8, 4) is 11.8 Å². The molecular weight excluding hydrogens is 489 g/mol. The molecule has 4 rings (SSSR count). The lowest BCUT2D eigenvalue weighted by Crippen LogP contribution is -2.14. The SMILES string of the molecule is Cn1c(COc2ccc(Cl)cc2Cl)nnc1SCC(=O)Nc1sc2c(c1C#N)CCCC2. The molecule has 0 saturated heterocycles. The summed E-state index contributed by atoms with van der Waals surface area (Å²) in [7, 11) is 1.81. The van der Waals surface area contributed by atoms with Crippen LogP contribution in [0.4, 0.5) is 5.00 Å². The molecule has 0 spiro atoms. The zero-order valence-corrected chi connectivity index (χ0v) is 20.3. The topological polar surface area (TPSA) is 92.8 Å². The number of rotatable bonds is 7. The molecule has 1 aliphatic carbocycles. The number of hydrogen-bond donors (Lipinski definition) is 1. The quantitative estimate of drug-likeness (QED) is 0.439. The molecule has 0 unspecified atom stereocenters. The molecule has 166 valence electrons. The van der Waals surface area contributed by atoms with E-state index < -0.39 is 0 Å². The van der Waals surface area contributed by atoms with Gasteiger partial charge in [-0.2, -0.15) is 5.26 Å². The molecule has 0 saturated carbocycles. The van der Waals surface area contributed by atoms with E-state index in [4.69, 9.17) is 27.9 Å². The number of carbonyl (C=O) groups excluding carboxylic acids is 1. The third-order valence-corrected chi connectivity index (χ3v) is 7.80. The zero-order valence-electron chi connectivity index (χ0n) is 17.2. The number of hydrogen-bond acceptors (Lipinski definition) is 7. The van der Waals surface area contributed by atoms with Crippen molar-refractivity contribution in [2.24, 2.45) is 7.05 Å². The molecule has 0 fully saturated rings. The Balaban J connectivity index is 1.34. The predicted octanol–water partition coefficient (Wildman–Crippen LogP) is 5.24. The fourth-order valence-corrected chi connectivity index (χ4v) is 5.84. The maximum atomic E-state index is 12.5. The van der Waals surface area contributed by atoms with Gasteiger partial charge in [0.05, 0.1) is 16.3 Å². The Bertz CT molecular complexity index is 1200. The minimum atomic E-state index is -0.182. The normalized spacial score (nSPS) is 12.8. The van der Waals surface area contributed by atoms with E-state index in [0.717, 1.165) is 31.2 Å². The summed E-state index contributed by atoms with van der Waals surface area (Å²) >= 11 is 14.8. The van der Waals surface area contributed by atoms with Crippen LogP contribution in [0.15, 0.2) is 23.4 Å². The lowest BCUT2D eigenvalue weighted by molar-refractivity contribution is -0.113. The average Bonchev–Trinajstić information content (AvgIpc) is 3.30. The summed E-state index contributed by atoms with van der Waals surface area (Å²) in [6.45, 7) is 0.171. The van der Waals surface area contributed by atoms with Gasteiger partial charge in [-0.1, -0.05) is 35.0 Å². The Morgan fingerprint density at radius 2 is 2.16 bits per heavy atom. The highest BCUT2D eigenvalue weighted by molar-refractivity contribution is 7.99. The van der Waals surface area contributed by atoms with Crippen molar-refractivity contribution in [2.75, 3.05) is 11.1 Å². The van der Waals surface area contributed by atoms with Crippen LogP contribution in [0.5, 0.6) is 5.75 Å². The largest absolute Gasteiger partial charge is 0.484 e. The Labute approximate surface area is 203 Å². The number of nitriles is 1. The van der Waals surface area contributed by atoms with Gasteiger partial charge in [0.25, 0.3) is 0 Å². The number of halogens is 2. The minimum Gasteiger partial charge on any atom is -0.484 e. The fourth-order valence-electron chi connectivity index (χ4n) is 3.40. The number of ether oxygens (including phenoxy) is 1. The van der Waals surface area contributed by atoms with E-state index in [1.807, 2.05) is 7.05 Å². The lowest BCUT2D eigenvalue weighted by atomic mass is 9.96. The summed E-state index contributed by atoms with van der Waals surface area (Å²) in [5, 5.41) is 22.9. The summed E-state index contributed by atoms with van der Waals surface area (Å²) < 4.78 is 7.48. The molecular formula is C21H19Cl2N5O2S2. The number of amides is 1. The monoisotopic (exact) mass is 507 g/mol. The van der Waals surface area contributed by atoms with Crippen LogP contribution in [0, 0.1) is 11.3 Å². The number of nitrogens with one attached hydrogen (secondary N) is 1. The first-order valence-corrected chi connectivity index (χ1v) is 12.5. The van der Waals surface area contributed by atoms with Crippen LogP contribution in [0.25, 0.3) is 0 Å². The lowest BCUT2D eigenvalue weighted by Gasteiger charge is -2.09. The third kappa shape index (κ3) is 5.04. The second-order valence-electron chi connectivity index (χ2n) is 7.18. The summed E-state index contributed by atoms with van der Waals surface area (Å²) in [6.07, 6.45) is 4.10. The summed E-state index contributed by atoms with van der Waals surface area (Å²) in [5.41, 5.74) is 1.72. The van der Waals surface area contributed by atoms with E-state index in [1.54, 1.807) is 22.8 Å². The van der Waals surface area contributed by atoms with E-state index in [-0.39, 0.29) is 18.3 Å². The van der Waals surface area contributed by atoms with E-state index in [2.05, 4.69) is 21.6 Å². The molecule has 1 aromatic carbocycles. The highest BCUT2D eigenvalue weighted by atomic mass is 35.5. The molecule has 3 aromatic rings. The van der Waals surface area contributed by atoms with E-state index in [9.17, 15) is 10.1 Å². The number of benzene rings is 1. The first-order chi connectivity index (χ1) is 15.5. The third-order valence-electron chi connectivity index (χ3n) is 5.04. The van der Waals surface area contributed by atoms with Crippen molar-refractivity contribution in [1.82, 2.24) is 14.8 Å². The average molecular weight is 508 g/mol. The van der Waals surface area contributed by atoms with Crippen LogP contribution in [-0.4, -0.2) is 26.4 Å². The number of aryl methyl sites for hydroxylation is 1. The number of thiophene rings is 1. The molecule has 0 atom stereocenters. The molecule has 1 N–H and O–H groups in total. The van der Waals surface area contributed by atoms with E-state index in [0.29, 0.717) is 37.3 Å². The second-order valence-corrected chi connectivity index (χ2v) is 10.1. The van der Waals surface area contributed by atoms with Crippen molar-refractivity contribution in [3.05, 3.63) is 50.1 Å².